The van der Waals surface area contributed by atoms with Gasteiger partial charge in [0.1, 0.15) is 0 Å². The van der Waals surface area contributed by atoms with Crippen molar-refractivity contribution in [1.29, 1.82) is 0 Å². The van der Waals surface area contributed by atoms with Gasteiger partial charge in [0.25, 0.3) is 0 Å². The van der Waals surface area contributed by atoms with Gasteiger partial charge in [0, 0.05) is 11.4 Å². The SMILES string of the molecule is CCC(C)C(C)Nc1cnnc2ccccc12. The zero-order chi connectivity index (χ0) is 12.3. The average Bonchev–Trinajstić information content (AvgIpc) is 2.38. The van der Waals surface area contributed by atoms with Crippen LogP contribution < -0.4 is 5.32 Å². The minimum Gasteiger partial charge on any atom is -0.380 e. The molecule has 90 valence electrons. The summed E-state index contributed by atoms with van der Waals surface area (Å²) < 4.78 is 0. The van der Waals surface area contributed by atoms with Crippen LogP contribution >= 0.6 is 0 Å². The van der Waals surface area contributed by atoms with Gasteiger partial charge < -0.3 is 5.32 Å². The Morgan fingerprint density at radius 2 is 2.00 bits per heavy atom. The van der Waals surface area contributed by atoms with Crippen LogP contribution in [0.25, 0.3) is 10.9 Å². The molecule has 0 saturated heterocycles. The monoisotopic (exact) mass is 229 g/mol. The van der Waals surface area contributed by atoms with Crippen molar-refractivity contribution in [3.05, 3.63) is 30.5 Å². The van der Waals surface area contributed by atoms with Crippen LogP contribution in [0, 0.1) is 5.92 Å². The van der Waals surface area contributed by atoms with Gasteiger partial charge in [-0.2, -0.15) is 10.2 Å². The van der Waals surface area contributed by atoms with Crippen molar-refractivity contribution in [2.24, 2.45) is 5.92 Å². The second-order valence-corrected chi connectivity index (χ2v) is 4.59. The molecule has 2 atom stereocenters. The Morgan fingerprint density at radius 1 is 1.24 bits per heavy atom. The van der Waals surface area contributed by atoms with Crippen molar-refractivity contribution in [2.75, 3.05) is 5.32 Å². The van der Waals surface area contributed by atoms with Crippen LogP contribution in [-0.4, -0.2) is 16.2 Å². The number of benzene rings is 1. The molecule has 1 N–H and O–H groups in total. The Morgan fingerprint density at radius 3 is 2.76 bits per heavy atom. The summed E-state index contributed by atoms with van der Waals surface area (Å²) in [7, 11) is 0. The normalized spacial score (nSPS) is 14.5. The van der Waals surface area contributed by atoms with Gasteiger partial charge in [-0.25, -0.2) is 0 Å². The first-order valence-electron chi connectivity index (χ1n) is 6.19. The lowest BCUT2D eigenvalue weighted by atomic mass is 10.0. The molecular weight excluding hydrogens is 210 g/mol. The molecule has 0 amide bonds. The molecule has 1 heterocycles. The number of aromatic nitrogens is 2. The minimum atomic E-state index is 0.438. The third kappa shape index (κ3) is 2.54. The van der Waals surface area contributed by atoms with Crippen molar-refractivity contribution in [3.8, 4) is 0 Å². The second kappa shape index (κ2) is 5.13. The highest BCUT2D eigenvalue weighted by molar-refractivity contribution is 5.90. The van der Waals surface area contributed by atoms with Gasteiger partial charge in [-0.15, -0.1) is 0 Å². The van der Waals surface area contributed by atoms with Gasteiger partial charge in [0.15, 0.2) is 0 Å². The largest absolute Gasteiger partial charge is 0.380 e. The second-order valence-electron chi connectivity index (χ2n) is 4.59. The molecule has 17 heavy (non-hydrogen) atoms. The van der Waals surface area contributed by atoms with Crippen LogP contribution in [0.1, 0.15) is 27.2 Å². The minimum absolute atomic E-state index is 0.438. The van der Waals surface area contributed by atoms with E-state index in [0.29, 0.717) is 12.0 Å². The van der Waals surface area contributed by atoms with Gasteiger partial charge in [-0.3, -0.25) is 0 Å². The predicted molar refractivity (Wildman–Crippen MR) is 72.1 cm³/mol. The van der Waals surface area contributed by atoms with Crippen molar-refractivity contribution in [3.63, 3.8) is 0 Å². The fourth-order valence-electron chi connectivity index (χ4n) is 1.86. The van der Waals surface area contributed by atoms with E-state index in [1.807, 2.05) is 18.2 Å². The van der Waals surface area contributed by atoms with Gasteiger partial charge in [0.05, 0.1) is 17.4 Å². The highest BCUT2D eigenvalue weighted by Gasteiger charge is 2.11. The highest BCUT2D eigenvalue weighted by atomic mass is 15.1. The van der Waals surface area contributed by atoms with Crippen molar-refractivity contribution >= 4 is 16.6 Å². The standard InChI is InChI=1S/C14H19N3/c1-4-10(2)11(3)16-14-9-15-17-13-8-6-5-7-12(13)14/h5-11H,4H2,1-3H3,(H,16,17). The van der Waals surface area contributed by atoms with Crippen molar-refractivity contribution in [1.82, 2.24) is 10.2 Å². The summed E-state index contributed by atoms with van der Waals surface area (Å²) in [5.74, 6) is 0.641. The molecule has 3 heteroatoms. The van der Waals surface area contributed by atoms with Crippen molar-refractivity contribution in [2.45, 2.75) is 33.2 Å². The van der Waals surface area contributed by atoms with Gasteiger partial charge in [-0.05, 0) is 18.9 Å². The maximum atomic E-state index is 4.12. The molecule has 0 saturated carbocycles. The smallest absolute Gasteiger partial charge is 0.0950 e. The molecule has 0 bridgehead atoms. The number of nitrogens with one attached hydrogen (secondary N) is 1. The van der Waals surface area contributed by atoms with Gasteiger partial charge >= 0.3 is 0 Å². The predicted octanol–water partition coefficient (Wildman–Crippen LogP) is 3.48. The van der Waals surface area contributed by atoms with E-state index in [-0.39, 0.29) is 0 Å². The molecule has 0 radical (unpaired) electrons. The Labute approximate surface area is 102 Å². The molecule has 3 nitrogen and oxygen atoms in total. The molecule has 0 spiro atoms. The fraction of sp³-hybridized carbons (Fsp3) is 0.429. The number of hydrogen-bond donors (Lipinski definition) is 1. The van der Waals surface area contributed by atoms with Crippen LogP contribution in [0.5, 0.6) is 0 Å². The molecule has 2 rings (SSSR count). The Bertz CT molecular complexity index is 490. The first-order valence-corrected chi connectivity index (χ1v) is 6.19. The van der Waals surface area contributed by atoms with Crippen LogP contribution in [0.15, 0.2) is 30.5 Å². The number of anilines is 1. The van der Waals surface area contributed by atoms with E-state index in [1.54, 1.807) is 6.20 Å². The summed E-state index contributed by atoms with van der Waals surface area (Å²) in [5, 5.41) is 12.8. The van der Waals surface area contributed by atoms with Crippen LogP contribution in [0.3, 0.4) is 0 Å². The average molecular weight is 229 g/mol. The summed E-state index contributed by atoms with van der Waals surface area (Å²) in [6.45, 7) is 6.68. The topological polar surface area (TPSA) is 37.8 Å². The lowest BCUT2D eigenvalue weighted by Gasteiger charge is -2.21. The van der Waals surface area contributed by atoms with Crippen LogP contribution in [0.2, 0.25) is 0 Å². The third-order valence-corrected chi connectivity index (χ3v) is 3.43. The van der Waals surface area contributed by atoms with E-state index in [4.69, 9.17) is 0 Å². The van der Waals surface area contributed by atoms with E-state index in [1.165, 1.54) is 6.42 Å². The zero-order valence-corrected chi connectivity index (χ0v) is 10.6. The van der Waals surface area contributed by atoms with Gasteiger partial charge in [-0.1, -0.05) is 38.5 Å². The molecule has 2 aromatic rings. The summed E-state index contributed by atoms with van der Waals surface area (Å²) in [6, 6.07) is 8.52. The maximum absolute atomic E-state index is 4.12. The molecule has 0 aliphatic heterocycles. The number of nitrogens with zero attached hydrogens (tertiary/aromatic N) is 2. The summed E-state index contributed by atoms with van der Waals surface area (Å²) in [6.07, 6.45) is 2.98. The lowest BCUT2D eigenvalue weighted by Crippen LogP contribution is -2.23. The molecule has 1 aromatic carbocycles. The lowest BCUT2D eigenvalue weighted by molar-refractivity contribution is 0.495. The van der Waals surface area contributed by atoms with E-state index < -0.39 is 0 Å². The summed E-state index contributed by atoms with van der Waals surface area (Å²) in [5.41, 5.74) is 2.01. The number of fused-ring (bicyclic) bond motifs is 1. The molecular formula is C14H19N3. The molecule has 1 aromatic heterocycles. The maximum Gasteiger partial charge on any atom is 0.0950 e. The van der Waals surface area contributed by atoms with E-state index in [2.05, 4.69) is 42.4 Å². The van der Waals surface area contributed by atoms with Gasteiger partial charge in [0.2, 0.25) is 0 Å². The Balaban J connectivity index is 2.30. The van der Waals surface area contributed by atoms with Crippen molar-refractivity contribution < 1.29 is 0 Å². The Kier molecular flexibility index (Phi) is 3.57. The van der Waals surface area contributed by atoms with E-state index in [0.717, 1.165) is 16.6 Å². The van der Waals surface area contributed by atoms with E-state index >= 15 is 0 Å². The van der Waals surface area contributed by atoms with E-state index in [9.17, 15) is 0 Å². The first-order chi connectivity index (χ1) is 8.22. The molecule has 0 aliphatic carbocycles. The highest BCUT2D eigenvalue weighted by Crippen LogP contribution is 2.22. The third-order valence-electron chi connectivity index (χ3n) is 3.43. The Hall–Kier alpha value is -1.64. The zero-order valence-electron chi connectivity index (χ0n) is 10.6. The van der Waals surface area contributed by atoms with Crippen LogP contribution in [0.4, 0.5) is 5.69 Å². The summed E-state index contributed by atoms with van der Waals surface area (Å²) in [4.78, 5) is 0. The number of rotatable bonds is 4. The molecule has 0 fully saturated rings. The summed E-state index contributed by atoms with van der Waals surface area (Å²) >= 11 is 0. The molecule has 0 aliphatic rings. The quantitative estimate of drug-likeness (QED) is 0.872. The van der Waals surface area contributed by atoms with Crippen LogP contribution in [-0.2, 0) is 0 Å². The molecule has 2 unspecified atom stereocenters. The fourth-order valence-corrected chi connectivity index (χ4v) is 1.86. The first kappa shape index (κ1) is 11.8. The number of hydrogen-bond acceptors (Lipinski definition) is 3.